The van der Waals surface area contributed by atoms with Crippen molar-refractivity contribution in [3.8, 4) is 0 Å². The van der Waals surface area contributed by atoms with Crippen LogP contribution >= 0.6 is 0 Å². The van der Waals surface area contributed by atoms with E-state index in [-0.39, 0.29) is 12.2 Å². The maximum absolute atomic E-state index is 5.86. The molecule has 19 heavy (non-hydrogen) atoms. The van der Waals surface area contributed by atoms with E-state index in [0.29, 0.717) is 0 Å². The number of nitrogens with one attached hydrogen (secondary N) is 1. The number of nitrogens with zero attached hydrogens (tertiary/aromatic N) is 2. The number of ether oxygens (including phenoxy) is 2. The minimum absolute atomic E-state index is 0.195. The second kappa shape index (κ2) is 7.70. The van der Waals surface area contributed by atoms with E-state index in [1.54, 1.807) is 0 Å². The van der Waals surface area contributed by atoms with Crippen LogP contribution in [0.5, 0.6) is 0 Å². The molecule has 0 saturated carbocycles. The van der Waals surface area contributed by atoms with Gasteiger partial charge in [0.1, 0.15) is 6.10 Å². The minimum atomic E-state index is 0.195. The van der Waals surface area contributed by atoms with Crippen LogP contribution in [-0.4, -0.2) is 63.0 Å². The van der Waals surface area contributed by atoms with Gasteiger partial charge in [0.15, 0.2) is 5.96 Å². The van der Waals surface area contributed by atoms with Crippen molar-refractivity contribution in [2.75, 3.05) is 39.9 Å². The highest BCUT2D eigenvalue weighted by Crippen LogP contribution is 2.20. The van der Waals surface area contributed by atoms with Gasteiger partial charge in [0, 0.05) is 33.3 Å². The number of rotatable bonds is 4. The molecule has 0 bridgehead atoms. The number of hydrogen-bond donors (Lipinski definition) is 1. The molecule has 0 aromatic rings. The first-order valence-corrected chi connectivity index (χ1v) is 7.54. The Morgan fingerprint density at radius 2 is 2.16 bits per heavy atom. The highest BCUT2D eigenvalue weighted by molar-refractivity contribution is 5.80. The monoisotopic (exact) mass is 269 g/mol. The molecule has 2 aliphatic rings. The summed E-state index contributed by atoms with van der Waals surface area (Å²) in [5.74, 6) is 1.000. The first-order chi connectivity index (χ1) is 9.35. The van der Waals surface area contributed by atoms with Crippen molar-refractivity contribution in [2.45, 2.75) is 44.8 Å². The van der Waals surface area contributed by atoms with Crippen molar-refractivity contribution in [3.63, 3.8) is 0 Å². The van der Waals surface area contributed by atoms with Crippen LogP contribution < -0.4 is 5.32 Å². The van der Waals surface area contributed by atoms with Crippen LogP contribution in [-0.2, 0) is 9.47 Å². The van der Waals surface area contributed by atoms with Crippen LogP contribution in [0, 0.1) is 0 Å². The third-order valence-corrected chi connectivity index (χ3v) is 3.80. The predicted molar refractivity (Wildman–Crippen MR) is 76.6 cm³/mol. The van der Waals surface area contributed by atoms with E-state index in [1.165, 1.54) is 12.8 Å². The Balaban J connectivity index is 1.84. The molecule has 0 aromatic carbocycles. The van der Waals surface area contributed by atoms with Crippen LogP contribution in [0.2, 0.25) is 0 Å². The summed E-state index contributed by atoms with van der Waals surface area (Å²) in [6.45, 7) is 6.64. The first-order valence-electron chi connectivity index (χ1n) is 7.54. The summed E-state index contributed by atoms with van der Waals surface area (Å²) in [5.41, 5.74) is 0. The molecule has 2 heterocycles. The molecule has 0 aliphatic carbocycles. The molecule has 5 nitrogen and oxygen atoms in total. The Morgan fingerprint density at radius 3 is 2.84 bits per heavy atom. The lowest BCUT2D eigenvalue weighted by Crippen LogP contribution is -2.53. The molecule has 2 saturated heterocycles. The summed E-state index contributed by atoms with van der Waals surface area (Å²) in [6, 6.07) is 0. The fourth-order valence-corrected chi connectivity index (χ4v) is 2.70. The van der Waals surface area contributed by atoms with Gasteiger partial charge < -0.3 is 19.7 Å². The van der Waals surface area contributed by atoms with Crippen molar-refractivity contribution < 1.29 is 9.47 Å². The number of guanidine groups is 1. The SMILES string of the molecule is CCCCNC(=NC)N1CCOC(C2CCCO2)C1. The second-order valence-corrected chi connectivity index (χ2v) is 5.23. The van der Waals surface area contributed by atoms with Gasteiger partial charge in [-0.15, -0.1) is 0 Å². The standard InChI is InChI=1S/C14H27N3O2/c1-3-4-7-16-14(15-2)17-8-10-19-13(11-17)12-6-5-9-18-12/h12-13H,3-11H2,1-2H3,(H,15,16). The molecule has 2 fully saturated rings. The number of unbranched alkanes of at least 4 members (excludes halogenated alkanes) is 1. The van der Waals surface area contributed by atoms with E-state index in [0.717, 1.165) is 51.6 Å². The van der Waals surface area contributed by atoms with E-state index < -0.39 is 0 Å². The normalized spacial score (nSPS) is 28.7. The van der Waals surface area contributed by atoms with E-state index >= 15 is 0 Å². The molecular weight excluding hydrogens is 242 g/mol. The van der Waals surface area contributed by atoms with Gasteiger partial charge in [0.2, 0.25) is 0 Å². The summed E-state index contributed by atoms with van der Waals surface area (Å²) < 4.78 is 11.6. The molecule has 2 aliphatic heterocycles. The zero-order chi connectivity index (χ0) is 13.5. The van der Waals surface area contributed by atoms with Crippen molar-refractivity contribution in [2.24, 2.45) is 4.99 Å². The Labute approximate surface area is 116 Å². The molecule has 110 valence electrons. The lowest BCUT2D eigenvalue weighted by molar-refractivity contribution is -0.0816. The molecule has 0 amide bonds. The summed E-state index contributed by atoms with van der Waals surface area (Å²) in [7, 11) is 1.85. The minimum Gasteiger partial charge on any atom is -0.375 e. The topological polar surface area (TPSA) is 46.1 Å². The molecule has 2 unspecified atom stereocenters. The van der Waals surface area contributed by atoms with Gasteiger partial charge in [0.25, 0.3) is 0 Å². The van der Waals surface area contributed by atoms with Gasteiger partial charge in [0.05, 0.1) is 12.7 Å². The predicted octanol–water partition coefficient (Wildman–Crippen LogP) is 1.24. The second-order valence-electron chi connectivity index (χ2n) is 5.23. The summed E-state index contributed by atoms with van der Waals surface area (Å²) in [4.78, 5) is 6.68. The van der Waals surface area contributed by atoms with Crippen LogP contribution in [0.1, 0.15) is 32.6 Å². The van der Waals surface area contributed by atoms with E-state index in [9.17, 15) is 0 Å². The first kappa shape index (κ1) is 14.6. The highest BCUT2D eigenvalue weighted by atomic mass is 16.5. The van der Waals surface area contributed by atoms with Crippen molar-refractivity contribution in [1.29, 1.82) is 0 Å². The Morgan fingerprint density at radius 1 is 1.32 bits per heavy atom. The van der Waals surface area contributed by atoms with E-state index in [4.69, 9.17) is 9.47 Å². The molecule has 1 N–H and O–H groups in total. The maximum atomic E-state index is 5.86. The van der Waals surface area contributed by atoms with Crippen molar-refractivity contribution in [3.05, 3.63) is 0 Å². The average Bonchev–Trinajstić information content (AvgIpc) is 2.98. The van der Waals surface area contributed by atoms with Crippen molar-refractivity contribution >= 4 is 5.96 Å². The van der Waals surface area contributed by atoms with Gasteiger partial charge in [-0.2, -0.15) is 0 Å². The maximum Gasteiger partial charge on any atom is 0.193 e. The molecule has 5 heteroatoms. The summed E-state index contributed by atoms with van der Waals surface area (Å²) in [5, 5.41) is 3.43. The quantitative estimate of drug-likeness (QED) is 0.474. The van der Waals surface area contributed by atoms with Crippen LogP contribution in [0.15, 0.2) is 4.99 Å². The van der Waals surface area contributed by atoms with Crippen molar-refractivity contribution in [1.82, 2.24) is 10.2 Å². The molecule has 2 rings (SSSR count). The summed E-state index contributed by atoms with van der Waals surface area (Å²) >= 11 is 0. The number of hydrogen-bond acceptors (Lipinski definition) is 3. The molecule has 0 radical (unpaired) electrons. The highest BCUT2D eigenvalue weighted by Gasteiger charge is 2.32. The smallest absolute Gasteiger partial charge is 0.193 e. The Bertz CT molecular complexity index is 290. The fraction of sp³-hybridized carbons (Fsp3) is 0.929. The van der Waals surface area contributed by atoms with Gasteiger partial charge >= 0.3 is 0 Å². The lowest BCUT2D eigenvalue weighted by atomic mass is 10.1. The van der Waals surface area contributed by atoms with Gasteiger partial charge in [-0.05, 0) is 19.3 Å². The van der Waals surface area contributed by atoms with Crippen LogP contribution in [0.4, 0.5) is 0 Å². The van der Waals surface area contributed by atoms with Gasteiger partial charge in [-0.3, -0.25) is 4.99 Å². The lowest BCUT2D eigenvalue weighted by Gasteiger charge is -2.37. The average molecular weight is 269 g/mol. The molecule has 0 spiro atoms. The number of aliphatic imine (C=N–C) groups is 1. The third-order valence-electron chi connectivity index (χ3n) is 3.80. The molecule has 0 aromatic heterocycles. The summed E-state index contributed by atoms with van der Waals surface area (Å²) in [6.07, 6.45) is 5.14. The third kappa shape index (κ3) is 4.08. The van der Waals surface area contributed by atoms with Crippen LogP contribution in [0.3, 0.4) is 0 Å². The molecular formula is C14H27N3O2. The van der Waals surface area contributed by atoms with Gasteiger partial charge in [-0.1, -0.05) is 13.3 Å². The van der Waals surface area contributed by atoms with Gasteiger partial charge in [-0.25, -0.2) is 0 Å². The fourth-order valence-electron chi connectivity index (χ4n) is 2.70. The number of morpholine rings is 1. The van der Waals surface area contributed by atoms with Crippen LogP contribution in [0.25, 0.3) is 0 Å². The van der Waals surface area contributed by atoms with E-state index in [2.05, 4.69) is 22.1 Å². The Hall–Kier alpha value is -0.810. The zero-order valence-corrected chi connectivity index (χ0v) is 12.2. The van der Waals surface area contributed by atoms with E-state index in [1.807, 2.05) is 7.05 Å². The molecule has 2 atom stereocenters. The largest absolute Gasteiger partial charge is 0.375 e. The Kier molecular flexibility index (Phi) is 5.92. The zero-order valence-electron chi connectivity index (χ0n) is 12.2.